The largest absolute Gasteiger partial charge is 0.374 e. The Bertz CT molecular complexity index is 363. The normalized spacial score (nSPS) is 16.0. The summed E-state index contributed by atoms with van der Waals surface area (Å²) in [5.74, 6) is 1.04. The minimum atomic E-state index is -0.411. The Balaban J connectivity index is 1.84. The maximum atomic E-state index is 9.67. The summed E-state index contributed by atoms with van der Waals surface area (Å²) in [6.07, 6.45) is 23.0. The van der Waals surface area contributed by atoms with Gasteiger partial charge in [-0.3, -0.25) is 4.99 Å². The van der Waals surface area contributed by atoms with E-state index in [0.29, 0.717) is 0 Å². The lowest BCUT2D eigenvalue weighted by atomic mass is 10.0. The quantitative estimate of drug-likeness (QED) is 0.270. The van der Waals surface area contributed by atoms with Crippen LogP contribution in [0.2, 0.25) is 0 Å². The first-order chi connectivity index (χ1) is 12.3. The number of amidine groups is 1. The number of hydrogen-bond donors (Lipinski definition) is 1. The van der Waals surface area contributed by atoms with Gasteiger partial charge in [-0.25, -0.2) is 0 Å². The predicted molar refractivity (Wildman–Crippen MR) is 110 cm³/mol. The molecular weight excluding hydrogens is 308 g/mol. The molecule has 0 bridgehead atoms. The van der Waals surface area contributed by atoms with Crippen LogP contribution in [0.5, 0.6) is 0 Å². The molecule has 0 aliphatic carbocycles. The highest BCUT2D eigenvalue weighted by atomic mass is 16.3. The molecule has 0 saturated carbocycles. The van der Waals surface area contributed by atoms with Gasteiger partial charge in [0, 0.05) is 13.0 Å². The highest BCUT2D eigenvalue weighted by Crippen LogP contribution is 2.13. The third-order valence-corrected chi connectivity index (χ3v) is 5.11. The van der Waals surface area contributed by atoms with Gasteiger partial charge < -0.3 is 10.0 Å². The molecule has 0 aromatic rings. The molecule has 1 unspecified atom stereocenters. The van der Waals surface area contributed by atoms with Crippen molar-refractivity contribution in [2.75, 3.05) is 13.1 Å². The number of aliphatic imine (C=N–C) groups is 1. The van der Waals surface area contributed by atoms with Crippen LogP contribution < -0.4 is 0 Å². The van der Waals surface area contributed by atoms with Crippen molar-refractivity contribution in [1.82, 2.24) is 4.90 Å². The molecule has 3 nitrogen and oxygen atoms in total. The average molecular weight is 351 g/mol. The first kappa shape index (κ1) is 22.2. The van der Waals surface area contributed by atoms with E-state index in [1.165, 1.54) is 83.5 Å². The third kappa shape index (κ3) is 11.4. The van der Waals surface area contributed by atoms with Gasteiger partial charge in [-0.1, -0.05) is 89.7 Å². The number of aliphatic hydroxyl groups is 1. The molecule has 1 N–H and O–H groups in total. The highest BCUT2D eigenvalue weighted by Gasteiger charge is 2.18. The van der Waals surface area contributed by atoms with Crippen molar-refractivity contribution in [1.29, 1.82) is 0 Å². The van der Waals surface area contributed by atoms with E-state index in [9.17, 15) is 5.11 Å². The molecule has 1 aliphatic heterocycles. The zero-order valence-electron chi connectivity index (χ0n) is 16.9. The van der Waals surface area contributed by atoms with Gasteiger partial charge >= 0.3 is 0 Å². The van der Waals surface area contributed by atoms with E-state index in [1.807, 2.05) is 11.8 Å². The minimum absolute atomic E-state index is 0.411. The second kappa shape index (κ2) is 15.4. The predicted octanol–water partition coefficient (Wildman–Crippen LogP) is 6.08. The molecule has 1 heterocycles. The standard InChI is InChI=1S/C22H42N2O/c1-3-4-5-6-7-8-9-10-11-12-13-14-15-16-17-18-22-23-19-20-24(22)21(2)25/h16-17,21,25H,3-15,18-20H2,1-2H3. The van der Waals surface area contributed by atoms with Crippen molar-refractivity contribution in [2.24, 2.45) is 4.99 Å². The highest BCUT2D eigenvalue weighted by molar-refractivity contribution is 5.85. The Kier molecular flexibility index (Phi) is 13.7. The van der Waals surface area contributed by atoms with Gasteiger partial charge in [-0.2, -0.15) is 0 Å². The van der Waals surface area contributed by atoms with Crippen LogP contribution >= 0.6 is 0 Å². The van der Waals surface area contributed by atoms with E-state index < -0.39 is 6.23 Å². The zero-order chi connectivity index (χ0) is 18.2. The van der Waals surface area contributed by atoms with Crippen LogP contribution in [0.15, 0.2) is 17.1 Å². The Morgan fingerprint density at radius 2 is 1.48 bits per heavy atom. The molecule has 0 radical (unpaired) electrons. The van der Waals surface area contributed by atoms with Crippen molar-refractivity contribution in [3.05, 3.63) is 12.2 Å². The number of hydrogen-bond acceptors (Lipinski definition) is 3. The molecule has 0 saturated heterocycles. The topological polar surface area (TPSA) is 35.8 Å². The lowest BCUT2D eigenvalue weighted by Gasteiger charge is -2.22. The van der Waals surface area contributed by atoms with E-state index in [1.54, 1.807) is 0 Å². The molecule has 1 aliphatic rings. The Morgan fingerprint density at radius 1 is 0.920 bits per heavy atom. The second-order valence-corrected chi connectivity index (χ2v) is 7.48. The maximum absolute atomic E-state index is 9.67. The fourth-order valence-corrected chi connectivity index (χ4v) is 3.50. The molecule has 25 heavy (non-hydrogen) atoms. The number of unbranched alkanes of at least 4 members (excludes halogenated alkanes) is 12. The van der Waals surface area contributed by atoms with Gasteiger partial charge in [0.25, 0.3) is 0 Å². The Labute approximate surface area is 156 Å². The van der Waals surface area contributed by atoms with Crippen LogP contribution in [-0.2, 0) is 0 Å². The molecule has 0 spiro atoms. The number of rotatable bonds is 16. The summed E-state index contributed by atoms with van der Waals surface area (Å²) in [5.41, 5.74) is 0. The number of aliphatic hydroxyl groups excluding tert-OH is 1. The van der Waals surface area contributed by atoms with Crippen LogP contribution in [0.3, 0.4) is 0 Å². The summed E-state index contributed by atoms with van der Waals surface area (Å²) in [6.45, 7) is 5.79. The molecule has 3 heteroatoms. The van der Waals surface area contributed by atoms with Crippen LogP contribution in [0, 0.1) is 0 Å². The van der Waals surface area contributed by atoms with E-state index >= 15 is 0 Å². The molecule has 0 aromatic heterocycles. The van der Waals surface area contributed by atoms with Crippen molar-refractivity contribution in [3.8, 4) is 0 Å². The van der Waals surface area contributed by atoms with E-state index in [2.05, 4.69) is 24.1 Å². The monoisotopic (exact) mass is 350 g/mol. The Hall–Kier alpha value is -0.830. The van der Waals surface area contributed by atoms with Crippen molar-refractivity contribution in [2.45, 2.75) is 110 Å². The minimum Gasteiger partial charge on any atom is -0.374 e. The SMILES string of the molecule is CCCCCCCCCCCCCCC=CCC1=NCCN1C(C)O. The van der Waals surface area contributed by atoms with Crippen molar-refractivity contribution < 1.29 is 5.11 Å². The average Bonchev–Trinajstić information content (AvgIpc) is 3.07. The fraction of sp³-hybridized carbons (Fsp3) is 0.864. The molecule has 1 atom stereocenters. The summed E-state index contributed by atoms with van der Waals surface area (Å²) in [5, 5.41) is 9.67. The van der Waals surface area contributed by atoms with Gasteiger partial charge in [0.05, 0.1) is 6.54 Å². The summed E-state index contributed by atoms with van der Waals surface area (Å²) in [7, 11) is 0. The molecule has 0 fully saturated rings. The lowest BCUT2D eigenvalue weighted by Crippen LogP contribution is -2.35. The third-order valence-electron chi connectivity index (χ3n) is 5.11. The van der Waals surface area contributed by atoms with Crippen LogP contribution in [0.4, 0.5) is 0 Å². The van der Waals surface area contributed by atoms with Gasteiger partial charge in [0.2, 0.25) is 0 Å². The summed E-state index contributed by atoms with van der Waals surface area (Å²) < 4.78 is 0. The number of allylic oxidation sites excluding steroid dienone is 1. The van der Waals surface area contributed by atoms with Crippen LogP contribution in [-0.4, -0.2) is 35.2 Å². The smallest absolute Gasteiger partial charge is 0.125 e. The van der Waals surface area contributed by atoms with Crippen LogP contribution in [0.25, 0.3) is 0 Å². The van der Waals surface area contributed by atoms with Gasteiger partial charge in [-0.15, -0.1) is 0 Å². The first-order valence-electron chi connectivity index (χ1n) is 10.9. The molecule has 0 aromatic carbocycles. The summed E-state index contributed by atoms with van der Waals surface area (Å²) >= 11 is 0. The first-order valence-corrected chi connectivity index (χ1v) is 10.9. The van der Waals surface area contributed by atoms with Crippen LogP contribution in [0.1, 0.15) is 104 Å². The lowest BCUT2D eigenvalue weighted by molar-refractivity contribution is 0.0771. The van der Waals surface area contributed by atoms with Gasteiger partial charge in [0.1, 0.15) is 12.1 Å². The van der Waals surface area contributed by atoms with E-state index in [-0.39, 0.29) is 0 Å². The summed E-state index contributed by atoms with van der Waals surface area (Å²) in [6, 6.07) is 0. The zero-order valence-corrected chi connectivity index (χ0v) is 16.9. The van der Waals surface area contributed by atoms with E-state index in [0.717, 1.165) is 25.3 Å². The molecule has 1 rings (SSSR count). The van der Waals surface area contributed by atoms with Crippen molar-refractivity contribution >= 4 is 5.84 Å². The molecule has 0 amide bonds. The molecular formula is C22H42N2O. The van der Waals surface area contributed by atoms with Gasteiger partial charge in [0.15, 0.2) is 0 Å². The summed E-state index contributed by atoms with van der Waals surface area (Å²) in [4.78, 5) is 6.47. The second-order valence-electron chi connectivity index (χ2n) is 7.48. The van der Waals surface area contributed by atoms with Gasteiger partial charge in [-0.05, 0) is 19.8 Å². The maximum Gasteiger partial charge on any atom is 0.125 e. The number of nitrogens with zero attached hydrogens (tertiary/aromatic N) is 2. The van der Waals surface area contributed by atoms with E-state index in [4.69, 9.17) is 0 Å². The van der Waals surface area contributed by atoms with Crippen molar-refractivity contribution in [3.63, 3.8) is 0 Å². The molecule has 146 valence electrons. The fourth-order valence-electron chi connectivity index (χ4n) is 3.50. The Morgan fingerprint density at radius 3 is 2.04 bits per heavy atom.